The SMILES string of the molecule is CCC(C)NC(N)=NCC1(S(C)(=O)=O)CC1. The van der Waals surface area contributed by atoms with E-state index in [0.717, 1.165) is 6.42 Å². The van der Waals surface area contributed by atoms with Gasteiger partial charge in [-0.3, -0.25) is 4.99 Å². The molecular formula is C10H21N3O2S. The molecule has 0 heterocycles. The van der Waals surface area contributed by atoms with Gasteiger partial charge in [-0.2, -0.15) is 0 Å². The van der Waals surface area contributed by atoms with Crippen molar-refractivity contribution in [1.82, 2.24) is 5.32 Å². The molecule has 5 nitrogen and oxygen atoms in total. The second kappa shape index (κ2) is 4.61. The fourth-order valence-corrected chi connectivity index (χ4v) is 2.56. The van der Waals surface area contributed by atoms with Gasteiger partial charge >= 0.3 is 0 Å². The lowest BCUT2D eigenvalue weighted by molar-refractivity contribution is 0.583. The fourth-order valence-electron chi connectivity index (χ4n) is 1.41. The molecule has 0 saturated heterocycles. The summed E-state index contributed by atoms with van der Waals surface area (Å²) in [6.45, 7) is 4.33. The van der Waals surface area contributed by atoms with Gasteiger partial charge in [-0.05, 0) is 26.2 Å². The summed E-state index contributed by atoms with van der Waals surface area (Å²) in [4.78, 5) is 4.12. The van der Waals surface area contributed by atoms with E-state index in [9.17, 15) is 8.42 Å². The number of nitrogens with two attached hydrogens (primary N) is 1. The van der Waals surface area contributed by atoms with Crippen LogP contribution in [0.4, 0.5) is 0 Å². The number of aliphatic imine (C=N–C) groups is 1. The summed E-state index contributed by atoms with van der Waals surface area (Å²) in [5, 5.41) is 3.01. The van der Waals surface area contributed by atoms with E-state index < -0.39 is 14.6 Å². The van der Waals surface area contributed by atoms with Crippen molar-refractivity contribution in [3.63, 3.8) is 0 Å². The van der Waals surface area contributed by atoms with Crippen LogP contribution in [-0.2, 0) is 9.84 Å². The summed E-state index contributed by atoms with van der Waals surface area (Å²) >= 11 is 0. The van der Waals surface area contributed by atoms with Crippen LogP contribution in [0, 0.1) is 0 Å². The number of hydrogen-bond donors (Lipinski definition) is 2. The van der Waals surface area contributed by atoms with Crippen LogP contribution in [0.2, 0.25) is 0 Å². The lowest BCUT2D eigenvalue weighted by Gasteiger charge is -2.14. The molecule has 94 valence electrons. The van der Waals surface area contributed by atoms with Gasteiger partial charge in [0.05, 0.1) is 11.3 Å². The minimum atomic E-state index is -3.01. The number of sulfone groups is 1. The van der Waals surface area contributed by atoms with Crippen molar-refractivity contribution in [3.8, 4) is 0 Å². The van der Waals surface area contributed by atoms with Crippen molar-refractivity contribution in [2.45, 2.75) is 43.9 Å². The Labute approximate surface area is 97.4 Å². The topological polar surface area (TPSA) is 84.5 Å². The molecule has 0 spiro atoms. The standard InChI is InChI=1S/C10H21N3O2S/c1-4-8(2)13-9(11)12-7-10(5-6-10)16(3,14)15/h8H,4-7H2,1-3H3,(H3,11,12,13). The van der Waals surface area contributed by atoms with Crippen molar-refractivity contribution in [2.24, 2.45) is 10.7 Å². The third-order valence-corrected chi connectivity index (χ3v) is 5.25. The van der Waals surface area contributed by atoms with Crippen molar-refractivity contribution >= 4 is 15.8 Å². The van der Waals surface area contributed by atoms with Crippen LogP contribution in [0.3, 0.4) is 0 Å². The summed E-state index contributed by atoms with van der Waals surface area (Å²) in [5.41, 5.74) is 5.67. The molecule has 1 atom stereocenters. The van der Waals surface area contributed by atoms with Gasteiger partial charge in [0, 0.05) is 12.3 Å². The Morgan fingerprint density at radius 1 is 1.56 bits per heavy atom. The van der Waals surface area contributed by atoms with Crippen LogP contribution in [0.5, 0.6) is 0 Å². The van der Waals surface area contributed by atoms with E-state index >= 15 is 0 Å². The molecule has 0 bridgehead atoms. The average molecular weight is 247 g/mol. The van der Waals surface area contributed by atoms with Gasteiger partial charge in [-0.1, -0.05) is 6.92 Å². The molecule has 1 saturated carbocycles. The number of nitrogens with zero attached hydrogens (tertiary/aromatic N) is 1. The van der Waals surface area contributed by atoms with Crippen LogP contribution in [0.1, 0.15) is 33.1 Å². The number of guanidine groups is 1. The third kappa shape index (κ3) is 3.10. The van der Waals surface area contributed by atoms with Gasteiger partial charge < -0.3 is 11.1 Å². The maximum atomic E-state index is 11.5. The first-order valence-corrected chi connectivity index (χ1v) is 7.46. The second-order valence-corrected chi connectivity index (χ2v) is 7.02. The summed E-state index contributed by atoms with van der Waals surface area (Å²) in [5.74, 6) is 0.337. The first-order chi connectivity index (χ1) is 7.31. The Balaban J connectivity index is 2.54. The van der Waals surface area contributed by atoms with Crippen LogP contribution < -0.4 is 11.1 Å². The second-order valence-electron chi connectivity index (χ2n) is 4.61. The molecule has 0 radical (unpaired) electrons. The quantitative estimate of drug-likeness (QED) is 0.539. The first-order valence-electron chi connectivity index (χ1n) is 5.57. The summed E-state index contributed by atoms with van der Waals surface area (Å²) in [6, 6.07) is 0.261. The minimum absolute atomic E-state index is 0.261. The number of hydrogen-bond acceptors (Lipinski definition) is 3. The van der Waals surface area contributed by atoms with Crippen molar-refractivity contribution in [1.29, 1.82) is 0 Å². The van der Waals surface area contributed by atoms with Gasteiger partial charge in [0.2, 0.25) is 0 Å². The smallest absolute Gasteiger partial charge is 0.188 e. The molecule has 16 heavy (non-hydrogen) atoms. The van der Waals surface area contributed by atoms with Gasteiger partial charge in [0.1, 0.15) is 0 Å². The van der Waals surface area contributed by atoms with Gasteiger partial charge in [0.25, 0.3) is 0 Å². The molecule has 1 aliphatic carbocycles. The van der Waals surface area contributed by atoms with Crippen molar-refractivity contribution in [3.05, 3.63) is 0 Å². The highest BCUT2D eigenvalue weighted by Gasteiger charge is 2.51. The highest BCUT2D eigenvalue weighted by Crippen LogP contribution is 2.43. The molecule has 0 amide bonds. The normalized spacial score (nSPS) is 21.6. The zero-order valence-electron chi connectivity index (χ0n) is 10.2. The van der Waals surface area contributed by atoms with Crippen LogP contribution >= 0.6 is 0 Å². The maximum Gasteiger partial charge on any atom is 0.188 e. The Kier molecular flexibility index (Phi) is 3.83. The molecule has 1 aliphatic rings. The van der Waals surface area contributed by atoms with E-state index in [1.807, 2.05) is 13.8 Å². The van der Waals surface area contributed by atoms with E-state index in [1.54, 1.807) is 0 Å². The Bertz CT molecular complexity index is 372. The van der Waals surface area contributed by atoms with Crippen LogP contribution in [-0.4, -0.2) is 38.0 Å². The van der Waals surface area contributed by atoms with E-state index in [-0.39, 0.29) is 12.6 Å². The minimum Gasteiger partial charge on any atom is -0.370 e. The summed E-state index contributed by atoms with van der Waals surface area (Å²) in [7, 11) is -3.01. The van der Waals surface area contributed by atoms with Gasteiger partial charge in [0.15, 0.2) is 15.8 Å². The van der Waals surface area contributed by atoms with Crippen molar-refractivity contribution < 1.29 is 8.42 Å². The zero-order chi connectivity index (χ0) is 12.4. The van der Waals surface area contributed by atoms with Crippen molar-refractivity contribution in [2.75, 3.05) is 12.8 Å². The largest absolute Gasteiger partial charge is 0.370 e. The first kappa shape index (κ1) is 13.3. The van der Waals surface area contributed by atoms with Crippen LogP contribution in [0.15, 0.2) is 4.99 Å². The van der Waals surface area contributed by atoms with Gasteiger partial charge in [-0.15, -0.1) is 0 Å². The molecule has 0 aromatic heterocycles. The fraction of sp³-hybridized carbons (Fsp3) is 0.900. The Hall–Kier alpha value is -0.780. The highest BCUT2D eigenvalue weighted by atomic mass is 32.2. The molecule has 1 fully saturated rings. The average Bonchev–Trinajstić information content (AvgIpc) is 2.94. The molecule has 0 aromatic rings. The lowest BCUT2D eigenvalue weighted by atomic mass is 10.3. The van der Waals surface area contributed by atoms with Gasteiger partial charge in [-0.25, -0.2) is 8.42 Å². The highest BCUT2D eigenvalue weighted by molar-refractivity contribution is 7.92. The number of nitrogens with one attached hydrogen (secondary N) is 1. The predicted molar refractivity (Wildman–Crippen MR) is 66.2 cm³/mol. The maximum absolute atomic E-state index is 11.5. The summed E-state index contributed by atoms with van der Waals surface area (Å²) in [6.07, 6.45) is 3.62. The Morgan fingerprint density at radius 3 is 2.50 bits per heavy atom. The molecule has 6 heteroatoms. The third-order valence-electron chi connectivity index (χ3n) is 3.14. The lowest BCUT2D eigenvalue weighted by Crippen LogP contribution is -2.39. The van der Waals surface area contributed by atoms with E-state index in [4.69, 9.17) is 5.73 Å². The molecule has 0 aromatic carbocycles. The number of rotatable bonds is 5. The predicted octanol–water partition coefficient (Wildman–Crippen LogP) is 0.266. The molecule has 1 unspecified atom stereocenters. The zero-order valence-corrected chi connectivity index (χ0v) is 11.0. The summed E-state index contributed by atoms with van der Waals surface area (Å²) < 4.78 is 22.3. The van der Waals surface area contributed by atoms with E-state index in [0.29, 0.717) is 18.8 Å². The molecular weight excluding hydrogens is 226 g/mol. The molecule has 3 N–H and O–H groups in total. The van der Waals surface area contributed by atoms with Crippen LogP contribution in [0.25, 0.3) is 0 Å². The monoisotopic (exact) mass is 247 g/mol. The molecule has 1 rings (SSSR count). The van der Waals surface area contributed by atoms with E-state index in [1.165, 1.54) is 6.26 Å². The van der Waals surface area contributed by atoms with E-state index in [2.05, 4.69) is 10.3 Å². The molecule has 0 aliphatic heterocycles. The Morgan fingerprint density at radius 2 is 2.12 bits per heavy atom.